The van der Waals surface area contributed by atoms with E-state index in [0.29, 0.717) is 17.0 Å². The maximum atomic E-state index is 12.7. The summed E-state index contributed by atoms with van der Waals surface area (Å²) in [5, 5.41) is 6.08. The summed E-state index contributed by atoms with van der Waals surface area (Å²) in [4.78, 5) is 32.4. The highest BCUT2D eigenvalue weighted by Crippen LogP contribution is 2.24. The molecular weight excluding hydrogens is 427 g/mol. The molecule has 7 nitrogen and oxygen atoms in total. The average Bonchev–Trinajstić information content (AvgIpc) is 3.23. The molecule has 30 heavy (non-hydrogen) atoms. The van der Waals surface area contributed by atoms with Gasteiger partial charge in [0, 0.05) is 36.1 Å². The first-order chi connectivity index (χ1) is 13.6. The molecule has 0 aliphatic carbocycles. The zero-order valence-electron chi connectivity index (χ0n) is 16.4. The van der Waals surface area contributed by atoms with Crippen LogP contribution in [0.3, 0.4) is 0 Å². The lowest BCUT2D eigenvalue weighted by Crippen LogP contribution is -2.30. The number of hydrogen-bond donors (Lipinski definition) is 3. The van der Waals surface area contributed by atoms with Gasteiger partial charge in [0.1, 0.15) is 17.1 Å². The molecule has 1 aliphatic rings. The molecule has 0 radical (unpaired) electrons. The minimum absolute atomic E-state index is 0. The quantitative estimate of drug-likeness (QED) is 0.559. The number of nitrogens with one attached hydrogen (secondary N) is 3. The van der Waals surface area contributed by atoms with Crippen LogP contribution in [-0.2, 0) is 0 Å². The number of anilines is 1. The summed E-state index contributed by atoms with van der Waals surface area (Å²) in [7, 11) is 0. The van der Waals surface area contributed by atoms with Gasteiger partial charge in [-0.1, -0.05) is 0 Å². The van der Waals surface area contributed by atoms with Gasteiger partial charge in [0.25, 0.3) is 5.91 Å². The highest BCUT2D eigenvalue weighted by Gasteiger charge is 2.22. The molecule has 3 aromatic rings. The van der Waals surface area contributed by atoms with Crippen molar-refractivity contribution in [1.29, 1.82) is 0 Å². The highest BCUT2D eigenvalue weighted by molar-refractivity contribution is 6.05. The fourth-order valence-corrected chi connectivity index (χ4v) is 3.53. The lowest BCUT2D eigenvalue weighted by molar-refractivity contribution is 0.102. The van der Waals surface area contributed by atoms with Gasteiger partial charge in [0.2, 0.25) is 0 Å². The van der Waals surface area contributed by atoms with Crippen LogP contribution in [0.25, 0.3) is 11.4 Å². The maximum Gasteiger partial charge on any atom is 0.349 e. The predicted octanol–water partition coefficient (Wildman–Crippen LogP) is 3.90. The van der Waals surface area contributed by atoms with Gasteiger partial charge in [0.15, 0.2) is 0 Å². The van der Waals surface area contributed by atoms with Crippen LogP contribution in [0.1, 0.15) is 40.4 Å². The standard InChI is InChI=1S/C21H22N4O3.2ClH/c1-13-11-17(15-3-2-8-22-12-15)28-21(27)18(13)20(26)25-16-6-4-14(5-7-16)19-23-9-10-24-19;;/h4-7,9-11,15,22H,2-3,8,12H2,1H3,(H,23,24)(H,25,26);2*1H. The van der Waals surface area contributed by atoms with Crippen molar-refractivity contribution >= 4 is 36.4 Å². The lowest BCUT2D eigenvalue weighted by Gasteiger charge is -2.22. The van der Waals surface area contributed by atoms with E-state index in [1.54, 1.807) is 31.5 Å². The van der Waals surface area contributed by atoms with Crippen LogP contribution in [0.5, 0.6) is 0 Å². The van der Waals surface area contributed by atoms with E-state index in [9.17, 15) is 9.59 Å². The van der Waals surface area contributed by atoms with E-state index in [0.717, 1.165) is 37.3 Å². The van der Waals surface area contributed by atoms with E-state index < -0.39 is 11.5 Å². The van der Waals surface area contributed by atoms with Gasteiger partial charge in [-0.2, -0.15) is 0 Å². The van der Waals surface area contributed by atoms with Gasteiger partial charge in [-0.3, -0.25) is 4.79 Å². The van der Waals surface area contributed by atoms with Crippen molar-refractivity contribution < 1.29 is 9.21 Å². The maximum absolute atomic E-state index is 12.7. The third-order valence-electron chi connectivity index (χ3n) is 5.01. The number of carbonyl (C=O) groups is 1. The van der Waals surface area contributed by atoms with Crippen molar-refractivity contribution in [2.45, 2.75) is 25.7 Å². The number of rotatable bonds is 4. The predicted molar refractivity (Wildman–Crippen MR) is 121 cm³/mol. The Morgan fingerprint density at radius 1 is 1.23 bits per heavy atom. The Hall–Kier alpha value is -2.61. The Bertz CT molecular complexity index is 1030. The number of carbonyl (C=O) groups excluding carboxylic acids is 1. The molecule has 1 atom stereocenters. The molecule has 1 saturated heterocycles. The molecular formula is C21H24Cl2N4O3. The number of aryl methyl sites for hydroxylation is 1. The van der Waals surface area contributed by atoms with Crippen molar-refractivity contribution in [3.05, 3.63) is 70.0 Å². The van der Waals surface area contributed by atoms with E-state index in [1.165, 1.54) is 0 Å². The van der Waals surface area contributed by atoms with Gasteiger partial charge in [0.05, 0.1) is 0 Å². The second kappa shape index (κ2) is 10.4. The largest absolute Gasteiger partial charge is 0.427 e. The molecule has 0 bridgehead atoms. The van der Waals surface area contributed by atoms with Gasteiger partial charge < -0.3 is 20.0 Å². The van der Waals surface area contributed by atoms with Crippen LogP contribution in [0, 0.1) is 6.92 Å². The molecule has 1 aliphatic heterocycles. The van der Waals surface area contributed by atoms with E-state index >= 15 is 0 Å². The van der Waals surface area contributed by atoms with Crippen LogP contribution in [0.4, 0.5) is 5.69 Å². The molecule has 1 aromatic carbocycles. The number of aromatic amines is 1. The van der Waals surface area contributed by atoms with Crippen LogP contribution in [-0.4, -0.2) is 29.0 Å². The summed E-state index contributed by atoms with van der Waals surface area (Å²) in [5.41, 5.74) is 1.58. The van der Waals surface area contributed by atoms with Crippen LogP contribution in [0.15, 0.2) is 51.9 Å². The highest BCUT2D eigenvalue weighted by atomic mass is 35.5. The zero-order chi connectivity index (χ0) is 19.5. The lowest BCUT2D eigenvalue weighted by atomic mass is 9.95. The molecule has 160 valence electrons. The molecule has 3 heterocycles. The van der Waals surface area contributed by atoms with E-state index in [-0.39, 0.29) is 36.3 Å². The van der Waals surface area contributed by atoms with Gasteiger partial charge in [-0.05, 0) is 62.2 Å². The number of imidazole rings is 1. The Labute approximate surface area is 186 Å². The molecule has 0 spiro atoms. The average molecular weight is 451 g/mol. The summed E-state index contributed by atoms with van der Waals surface area (Å²) in [5.74, 6) is 1.10. The summed E-state index contributed by atoms with van der Waals surface area (Å²) in [6.45, 7) is 3.54. The number of aromatic nitrogens is 2. The minimum atomic E-state index is -0.592. The zero-order valence-corrected chi connectivity index (χ0v) is 18.1. The Kier molecular flexibility index (Phi) is 8.23. The fourth-order valence-electron chi connectivity index (χ4n) is 3.53. The molecule has 2 aromatic heterocycles. The van der Waals surface area contributed by atoms with Gasteiger partial charge >= 0.3 is 5.63 Å². The number of piperidine rings is 1. The van der Waals surface area contributed by atoms with Crippen molar-refractivity contribution in [3.63, 3.8) is 0 Å². The first-order valence-corrected chi connectivity index (χ1v) is 9.38. The molecule has 3 N–H and O–H groups in total. The van der Waals surface area contributed by atoms with E-state index in [4.69, 9.17) is 4.42 Å². The number of benzene rings is 1. The van der Waals surface area contributed by atoms with Crippen molar-refractivity contribution in [2.75, 3.05) is 18.4 Å². The smallest absolute Gasteiger partial charge is 0.349 e. The Morgan fingerprint density at radius 3 is 2.60 bits per heavy atom. The Balaban J connectivity index is 0.00000160. The van der Waals surface area contributed by atoms with Crippen molar-refractivity contribution in [2.24, 2.45) is 0 Å². The van der Waals surface area contributed by atoms with Gasteiger partial charge in [-0.15, -0.1) is 24.8 Å². The third-order valence-corrected chi connectivity index (χ3v) is 5.01. The third kappa shape index (κ3) is 5.11. The SMILES string of the molecule is Cc1cc(C2CCCNC2)oc(=O)c1C(=O)Nc1ccc(-c2ncc[nH]2)cc1.Cl.Cl. The molecule has 0 saturated carbocycles. The van der Waals surface area contributed by atoms with E-state index in [1.807, 2.05) is 18.2 Å². The van der Waals surface area contributed by atoms with Crippen LogP contribution in [0.2, 0.25) is 0 Å². The number of H-pyrrole nitrogens is 1. The summed E-state index contributed by atoms with van der Waals surface area (Å²) in [6, 6.07) is 9.06. The normalized spacial score (nSPS) is 15.6. The monoisotopic (exact) mass is 450 g/mol. The van der Waals surface area contributed by atoms with Crippen molar-refractivity contribution in [3.8, 4) is 11.4 Å². The number of hydrogen-bond acceptors (Lipinski definition) is 5. The minimum Gasteiger partial charge on any atom is -0.427 e. The topological polar surface area (TPSA) is 100 Å². The number of nitrogens with zero attached hydrogens (tertiary/aromatic N) is 1. The molecule has 9 heteroatoms. The first kappa shape index (κ1) is 23.7. The Morgan fingerprint density at radius 2 is 2.00 bits per heavy atom. The number of halogens is 2. The molecule has 4 rings (SSSR count). The van der Waals surface area contributed by atoms with E-state index in [2.05, 4.69) is 20.6 Å². The summed E-state index contributed by atoms with van der Waals surface area (Å²) < 4.78 is 5.49. The molecule has 1 unspecified atom stereocenters. The van der Waals surface area contributed by atoms with Crippen LogP contribution < -0.4 is 16.3 Å². The van der Waals surface area contributed by atoms with Crippen LogP contribution >= 0.6 is 24.8 Å². The molecule has 1 amide bonds. The summed E-state index contributed by atoms with van der Waals surface area (Å²) in [6.07, 6.45) is 5.45. The fraction of sp³-hybridized carbons (Fsp3) is 0.286. The molecule has 1 fully saturated rings. The first-order valence-electron chi connectivity index (χ1n) is 9.38. The second-order valence-corrected chi connectivity index (χ2v) is 7.01. The number of amides is 1. The van der Waals surface area contributed by atoms with Gasteiger partial charge in [-0.25, -0.2) is 9.78 Å². The summed E-state index contributed by atoms with van der Waals surface area (Å²) >= 11 is 0. The second-order valence-electron chi connectivity index (χ2n) is 7.01. The van der Waals surface area contributed by atoms with Crippen molar-refractivity contribution in [1.82, 2.24) is 15.3 Å².